The molecule has 8 heteroatoms. The maximum atomic E-state index is 13.4. The van der Waals surface area contributed by atoms with Crippen molar-refractivity contribution >= 4 is 17.3 Å². The number of pyridine rings is 1. The van der Waals surface area contributed by atoms with E-state index in [1.54, 1.807) is 13.2 Å². The van der Waals surface area contributed by atoms with Gasteiger partial charge in [0.1, 0.15) is 0 Å². The average Bonchev–Trinajstić information content (AvgIpc) is 2.68. The van der Waals surface area contributed by atoms with E-state index in [-0.39, 0.29) is 11.6 Å². The summed E-state index contributed by atoms with van der Waals surface area (Å²) < 4.78 is 28.0. The number of nitrogens with one attached hydrogen (secondary N) is 2. The molecule has 2 rings (SSSR count). The van der Waals surface area contributed by atoms with Crippen LogP contribution >= 0.6 is 0 Å². The van der Waals surface area contributed by atoms with E-state index < -0.39 is 11.6 Å². The van der Waals surface area contributed by atoms with Crippen molar-refractivity contribution in [3.05, 3.63) is 30.1 Å². The van der Waals surface area contributed by atoms with Crippen LogP contribution in [-0.2, 0) is 7.05 Å². The van der Waals surface area contributed by atoms with E-state index in [4.69, 9.17) is 5.84 Å². The Balaban J connectivity index is 2.32. The molecular formula is C9H10F2N6. The smallest absolute Gasteiger partial charge is 0.178 e. The second-order valence-electron chi connectivity index (χ2n) is 3.32. The first kappa shape index (κ1) is 11.3. The summed E-state index contributed by atoms with van der Waals surface area (Å²) in [5, 5.41) is 6.56. The van der Waals surface area contributed by atoms with Gasteiger partial charge in [0.25, 0.3) is 0 Å². The zero-order chi connectivity index (χ0) is 12.4. The van der Waals surface area contributed by atoms with Gasteiger partial charge in [-0.25, -0.2) is 19.6 Å². The van der Waals surface area contributed by atoms with Crippen LogP contribution in [0.25, 0.3) is 0 Å². The summed E-state index contributed by atoms with van der Waals surface area (Å²) in [6, 6.07) is 0.695. The first-order valence-corrected chi connectivity index (χ1v) is 4.68. The summed E-state index contributed by atoms with van der Waals surface area (Å²) in [5.74, 6) is 3.00. The molecule has 0 aromatic carbocycles. The fourth-order valence-corrected chi connectivity index (χ4v) is 1.28. The van der Waals surface area contributed by atoms with E-state index >= 15 is 0 Å². The number of hydrogen-bond acceptors (Lipinski definition) is 5. The molecule has 0 saturated heterocycles. The van der Waals surface area contributed by atoms with Gasteiger partial charge in [-0.3, -0.25) is 4.68 Å². The Morgan fingerprint density at radius 3 is 2.59 bits per heavy atom. The predicted molar refractivity (Wildman–Crippen MR) is 58.5 cm³/mol. The number of halogens is 2. The molecule has 0 fully saturated rings. The number of aryl methyl sites for hydroxylation is 1. The Kier molecular flexibility index (Phi) is 2.88. The zero-order valence-electron chi connectivity index (χ0n) is 8.91. The number of rotatable bonds is 3. The minimum absolute atomic E-state index is 0.132. The van der Waals surface area contributed by atoms with Crippen molar-refractivity contribution in [3.63, 3.8) is 0 Å². The van der Waals surface area contributed by atoms with Crippen LogP contribution < -0.4 is 16.6 Å². The van der Waals surface area contributed by atoms with Gasteiger partial charge in [-0.1, -0.05) is 0 Å². The van der Waals surface area contributed by atoms with Gasteiger partial charge in [0.2, 0.25) is 0 Å². The Morgan fingerprint density at radius 2 is 2.00 bits per heavy atom. The molecule has 0 saturated carbocycles. The molecule has 0 bridgehead atoms. The molecule has 0 aliphatic rings. The minimum Gasteiger partial charge on any atom is -0.335 e. The van der Waals surface area contributed by atoms with Crippen LogP contribution in [-0.4, -0.2) is 14.8 Å². The Bertz CT molecular complexity index is 538. The topological polar surface area (TPSA) is 80.8 Å². The van der Waals surface area contributed by atoms with Crippen molar-refractivity contribution in [2.75, 3.05) is 10.7 Å². The van der Waals surface area contributed by atoms with Crippen molar-refractivity contribution in [1.82, 2.24) is 14.8 Å². The quantitative estimate of drug-likeness (QED) is 0.553. The lowest BCUT2D eigenvalue weighted by Gasteiger charge is -2.07. The zero-order valence-corrected chi connectivity index (χ0v) is 8.91. The van der Waals surface area contributed by atoms with Crippen molar-refractivity contribution in [1.29, 1.82) is 0 Å². The lowest BCUT2D eigenvalue weighted by atomic mass is 10.4. The van der Waals surface area contributed by atoms with E-state index in [0.717, 1.165) is 0 Å². The minimum atomic E-state index is -0.860. The Hall–Kier alpha value is -2.22. The lowest BCUT2D eigenvalue weighted by Crippen LogP contribution is -2.12. The number of hydrogen-bond donors (Lipinski definition) is 3. The van der Waals surface area contributed by atoms with Crippen molar-refractivity contribution in [2.24, 2.45) is 12.9 Å². The van der Waals surface area contributed by atoms with Gasteiger partial charge in [0.15, 0.2) is 23.3 Å². The summed E-state index contributed by atoms with van der Waals surface area (Å²) in [5.41, 5.74) is 2.58. The summed E-state index contributed by atoms with van der Waals surface area (Å²) in [6.45, 7) is 0. The first-order chi connectivity index (χ1) is 8.10. The molecule has 0 aliphatic heterocycles. The SMILES string of the molecule is Cn1cc(Nc2nc(NN)c(F)cc2F)cn1. The molecule has 90 valence electrons. The van der Waals surface area contributed by atoms with Crippen LogP contribution in [0.5, 0.6) is 0 Å². The van der Waals surface area contributed by atoms with Gasteiger partial charge in [0, 0.05) is 19.3 Å². The molecule has 0 spiro atoms. The number of nitrogens with two attached hydrogens (primary N) is 1. The van der Waals surface area contributed by atoms with E-state index in [1.807, 2.05) is 5.43 Å². The van der Waals surface area contributed by atoms with E-state index in [0.29, 0.717) is 11.8 Å². The highest BCUT2D eigenvalue weighted by molar-refractivity contribution is 5.57. The van der Waals surface area contributed by atoms with E-state index in [1.165, 1.54) is 10.9 Å². The van der Waals surface area contributed by atoms with Gasteiger partial charge >= 0.3 is 0 Å². The molecule has 2 aromatic rings. The Labute approximate surface area is 95.4 Å². The van der Waals surface area contributed by atoms with E-state index in [9.17, 15) is 8.78 Å². The fourth-order valence-electron chi connectivity index (χ4n) is 1.28. The molecule has 17 heavy (non-hydrogen) atoms. The van der Waals surface area contributed by atoms with Crippen molar-refractivity contribution in [2.45, 2.75) is 0 Å². The van der Waals surface area contributed by atoms with Crippen LogP contribution in [0.3, 0.4) is 0 Å². The molecule has 0 atom stereocenters. The van der Waals surface area contributed by atoms with Gasteiger partial charge in [-0.2, -0.15) is 5.10 Å². The summed E-state index contributed by atoms with van der Waals surface area (Å²) in [7, 11) is 1.71. The van der Waals surface area contributed by atoms with Crippen molar-refractivity contribution in [3.8, 4) is 0 Å². The highest BCUT2D eigenvalue weighted by atomic mass is 19.1. The molecule has 2 heterocycles. The molecule has 4 N–H and O–H groups in total. The third-order valence-corrected chi connectivity index (χ3v) is 2.03. The number of anilines is 3. The molecule has 0 amide bonds. The maximum Gasteiger partial charge on any atom is 0.178 e. The summed E-state index contributed by atoms with van der Waals surface area (Å²) >= 11 is 0. The van der Waals surface area contributed by atoms with Crippen LogP contribution in [0.2, 0.25) is 0 Å². The molecule has 0 aliphatic carbocycles. The van der Waals surface area contributed by atoms with Gasteiger partial charge in [0.05, 0.1) is 11.9 Å². The largest absolute Gasteiger partial charge is 0.335 e. The third kappa shape index (κ3) is 2.31. The third-order valence-electron chi connectivity index (χ3n) is 2.03. The van der Waals surface area contributed by atoms with Crippen molar-refractivity contribution < 1.29 is 8.78 Å². The lowest BCUT2D eigenvalue weighted by molar-refractivity contribution is 0.579. The van der Waals surface area contributed by atoms with Crippen LogP contribution in [0.4, 0.5) is 26.1 Å². The van der Waals surface area contributed by atoms with Crippen LogP contribution in [0, 0.1) is 11.6 Å². The number of hydrazine groups is 1. The second-order valence-corrected chi connectivity index (χ2v) is 3.32. The van der Waals surface area contributed by atoms with Crippen LogP contribution in [0.15, 0.2) is 18.5 Å². The second kappa shape index (κ2) is 4.34. The van der Waals surface area contributed by atoms with Gasteiger partial charge in [-0.15, -0.1) is 0 Å². The maximum absolute atomic E-state index is 13.4. The number of nitrogens with zero attached hydrogens (tertiary/aromatic N) is 3. The molecule has 2 aromatic heterocycles. The van der Waals surface area contributed by atoms with E-state index in [2.05, 4.69) is 15.4 Å². The van der Waals surface area contributed by atoms with Gasteiger partial charge < -0.3 is 10.7 Å². The standard InChI is InChI=1S/C9H10F2N6/c1-17-4-5(3-13-17)14-8-6(10)2-7(11)9(15-8)16-12/h2-4H,12H2,1H3,(H2,14,15,16). The predicted octanol–water partition coefficient (Wildman–Crippen LogP) is 1.12. The highest BCUT2D eigenvalue weighted by Gasteiger charge is 2.11. The highest BCUT2D eigenvalue weighted by Crippen LogP contribution is 2.21. The Morgan fingerprint density at radius 1 is 1.29 bits per heavy atom. The van der Waals surface area contributed by atoms with Gasteiger partial charge in [-0.05, 0) is 0 Å². The van der Waals surface area contributed by atoms with Crippen LogP contribution in [0.1, 0.15) is 0 Å². The molecule has 0 radical (unpaired) electrons. The number of nitrogen functional groups attached to an aromatic ring is 1. The summed E-state index contributed by atoms with van der Waals surface area (Å²) in [4.78, 5) is 3.66. The fraction of sp³-hybridized carbons (Fsp3) is 0.111. The molecule has 0 unspecified atom stereocenters. The molecule has 6 nitrogen and oxygen atoms in total. The monoisotopic (exact) mass is 240 g/mol. The number of aromatic nitrogens is 3. The summed E-state index contributed by atoms with van der Waals surface area (Å²) in [6.07, 6.45) is 3.11. The average molecular weight is 240 g/mol. The molecular weight excluding hydrogens is 230 g/mol. The first-order valence-electron chi connectivity index (χ1n) is 4.68. The normalized spacial score (nSPS) is 10.4.